The molecule has 0 radical (unpaired) electrons. The summed E-state index contributed by atoms with van der Waals surface area (Å²) in [5.74, 6) is 1.10. The Morgan fingerprint density at radius 1 is 1.43 bits per heavy atom. The lowest BCUT2D eigenvalue weighted by Crippen LogP contribution is -2.31. The molecule has 0 aliphatic carbocycles. The highest BCUT2D eigenvalue weighted by molar-refractivity contribution is 5.73. The van der Waals surface area contributed by atoms with E-state index in [1.807, 2.05) is 18.2 Å². The van der Waals surface area contributed by atoms with Gasteiger partial charge in [-0.25, -0.2) is 0 Å². The zero-order valence-corrected chi connectivity index (χ0v) is 12.2. The molecule has 1 aromatic carbocycles. The minimum absolute atomic E-state index is 0.0648. The van der Waals surface area contributed by atoms with Gasteiger partial charge in [0, 0.05) is 12.7 Å². The largest absolute Gasteiger partial charge is 0.497 e. The number of carbonyl (C=O) groups excluding carboxylic acids is 1. The smallest absolute Gasteiger partial charge is 0.312 e. The summed E-state index contributed by atoms with van der Waals surface area (Å²) in [4.78, 5) is 12.1. The van der Waals surface area contributed by atoms with Crippen molar-refractivity contribution in [3.8, 4) is 11.5 Å². The summed E-state index contributed by atoms with van der Waals surface area (Å²) >= 11 is 0. The fourth-order valence-corrected chi connectivity index (χ4v) is 2.70. The number of esters is 1. The average Bonchev–Trinajstić information content (AvgIpc) is 3.05. The summed E-state index contributed by atoms with van der Waals surface area (Å²) in [6.45, 7) is 1.47. The van der Waals surface area contributed by atoms with E-state index in [0.717, 1.165) is 36.5 Å². The standard InChI is InChI=1S/C16H20O5/c1-18-13-5-4-11-7-12(9-20-15(11)8-13)16(17)21-10-14-3-2-6-19-14/h4-5,8,12,14H,2-3,6-7,9-10H2,1H3/t12-,14+/m1/s1. The summed E-state index contributed by atoms with van der Waals surface area (Å²) in [5.41, 5.74) is 1.01. The molecular formula is C16H20O5. The van der Waals surface area contributed by atoms with Gasteiger partial charge in [0.15, 0.2) is 0 Å². The first-order chi connectivity index (χ1) is 10.3. The van der Waals surface area contributed by atoms with Crippen molar-refractivity contribution in [2.75, 3.05) is 26.9 Å². The maximum Gasteiger partial charge on any atom is 0.312 e. The number of fused-ring (bicyclic) bond motifs is 1. The fourth-order valence-electron chi connectivity index (χ4n) is 2.70. The summed E-state index contributed by atoms with van der Waals surface area (Å²) in [5, 5.41) is 0. The van der Waals surface area contributed by atoms with E-state index in [4.69, 9.17) is 18.9 Å². The van der Waals surface area contributed by atoms with Gasteiger partial charge in [0.1, 0.15) is 24.7 Å². The van der Waals surface area contributed by atoms with Crippen LogP contribution in [0.4, 0.5) is 0 Å². The van der Waals surface area contributed by atoms with Gasteiger partial charge in [-0.2, -0.15) is 0 Å². The van der Waals surface area contributed by atoms with Crippen LogP contribution in [0.2, 0.25) is 0 Å². The lowest BCUT2D eigenvalue weighted by molar-refractivity contribution is -0.153. The SMILES string of the molecule is COc1ccc2c(c1)OC[C@H](C(=O)OC[C@@H]1CCCO1)C2. The molecule has 2 aliphatic rings. The van der Waals surface area contributed by atoms with Crippen molar-refractivity contribution in [1.29, 1.82) is 0 Å². The number of methoxy groups -OCH3 is 1. The molecule has 21 heavy (non-hydrogen) atoms. The predicted octanol–water partition coefficient (Wildman–Crippen LogP) is 1.97. The maximum atomic E-state index is 12.1. The molecular weight excluding hydrogens is 272 g/mol. The highest BCUT2D eigenvalue weighted by atomic mass is 16.6. The Labute approximate surface area is 124 Å². The van der Waals surface area contributed by atoms with Crippen molar-refractivity contribution >= 4 is 5.97 Å². The topological polar surface area (TPSA) is 54.0 Å². The fraction of sp³-hybridized carbons (Fsp3) is 0.562. The minimum Gasteiger partial charge on any atom is -0.497 e. The molecule has 5 nitrogen and oxygen atoms in total. The Balaban J connectivity index is 1.56. The third-order valence-electron chi connectivity index (χ3n) is 3.95. The lowest BCUT2D eigenvalue weighted by atomic mass is 9.97. The monoisotopic (exact) mass is 292 g/mol. The molecule has 0 unspecified atom stereocenters. The van der Waals surface area contributed by atoms with Crippen LogP contribution >= 0.6 is 0 Å². The highest BCUT2D eigenvalue weighted by Crippen LogP contribution is 2.31. The summed E-state index contributed by atoms with van der Waals surface area (Å²) in [7, 11) is 1.62. The van der Waals surface area contributed by atoms with E-state index in [0.29, 0.717) is 19.6 Å². The van der Waals surface area contributed by atoms with Gasteiger partial charge in [-0.15, -0.1) is 0 Å². The van der Waals surface area contributed by atoms with Gasteiger partial charge in [-0.1, -0.05) is 6.07 Å². The van der Waals surface area contributed by atoms with Crippen molar-refractivity contribution in [3.05, 3.63) is 23.8 Å². The van der Waals surface area contributed by atoms with Crippen LogP contribution in [-0.2, 0) is 20.7 Å². The summed E-state index contributed by atoms with van der Waals surface area (Å²) in [6, 6.07) is 5.67. The van der Waals surface area contributed by atoms with Crippen LogP contribution in [0.25, 0.3) is 0 Å². The Morgan fingerprint density at radius 3 is 3.10 bits per heavy atom. The van der Waals surface area contributed by atoms with Crippen LogP contribution in [0.3, 0.4) is 0 Å². The van der Waals surface area contributed by atoms with E-state index in [1.165, 1.54) is 0 Å². The predicted molar refractivity (Wildman–Crippen MR) is 75.6 cm³/mol. The molecule has 0 amide bonds. The second-order valence-corrected chi connectivity index (χ2v) is 5.45. The van der Waals surface area contributed by atoms with Gasteiger partial charge in [-0.05, 0) is 30.9 Å². The van der Waals surface area contributed by atoms with Gasteiger partial charge in [-0.3, -0.25) is 4.79 Å². The first kappa shape index (κ1) is 14.2. The Bertz CT molecular complexity index is 507. The van der Waals surface area contributed by atoms with Gasteiger partial charge < -0.3 is 18.9 Å². The molecule has 0 N–H and O–H groups in total. The van der Waals surface area contributed by atoms with Crippen molar-refractivity contribution in [3.63, 3.8) is 0 Å². The van der Waals surface area contributed by atoms with E-state index in [1.54, 1.807) is 7.11 Å². The zero-order chi connectivity index (χ0) is 14.7. The molecule has 5 heteroatoms. The van der Waals surface area contributed by atoms with E-state index in [-0.39, 0.29) is 18.0 Å². The molecule has 2 atom stereocenters. The highest BCUT2D eigenvalue weighted by Gasteiger charge is 2.28. The Kier molecular flexibility index (Phi) is 4.29. The molecule has 1 fully saturated rings. The van der Waals surface area contributed by atoms with Crippen LogP contribution in [0.15, 0.2) is 18.2 Å². The van der Waals surface area contributed by atoms with E-state index in [9.17, 15) is 4.79 Å². The van der Waals surface area contributed by atoms with Crippen molar-refractivity contribution in [2.24, 2.45) is 5.92 Å². The van der Waals surface area contributed by atoms with Crippen LogP contribution in [0, 0.1) is 5.92 Å². The molecule has 1 aromatic rings. The third kappa shape index (κ3) is 3.29. The molecule has 1 saturated heterocycles. The summed E-state index contributed by atoms with van der Waals surface area (Å²) in [6.07, 6.45) is 2.72. The van der Waals surface area contributed by atoms with Crippen molar-refractivity contribution in [2.45, 2.75) is 25.4 Å². The van der Waals surface area contributed by atoms with E-state index < -0.39 is 0 Å². The molecule has 2 aliphatic heterocycles. The van der Waals surface area contributed by atoms with Gasteiger partial charge in [0.2, 0.25) is 0 Å². The number of hydrogen-bond acceptors (Lipinski definition) is 5. The number of hydrogen-bond donors (Lipinski definition) is 0. The van der Waals surface area contributed by atoms with Gasteiger partial charge >= 0.3 is 5.97 Å². The molecule has 2 heterocycles. The van der Waals surface area contributed by atoms with Gasteiger partial charge in [0.25, 0.3) is 0 Å². The molecule has 3 rings (SSSR count). The maximum absolute atomic E-state index is 12.1. The zero-order valence-electron chi connectivity index (χ0n) is 12.2. The number of benzene rings is 1. The molecule has 0 bridgehead atoms. The Hall–Kier alpha value is -1.75. The van der Waals surface area contributed by atoms with Crippen LogP contribution < -0.4 is 9.47 Å². The first-order valence-corrected chi connectivity index (χ1v) is 7.34. The average molecular weight is 292 g/mol. The molecule has 114 valence electrons. The van der Waals surface area contributed by atoms with Crippen LogP contribution in [0.1, 0.15) is 18.4 Å². The van der Waals surface area contributed by atoms with E-state index in [2.05, 4.69) is 0 Å². The van der Waals surface area contributed by atoms with Crippen molar-refractivity contribution < 1.29 is 23.7 Å². The third-order valence-corrected chi connectivity index (χ3v) is 3.95. The van der Waals surface area contributed by atoms with Crippen molar-refractivity contribution in [1.82, 2.24) is 0 Å². The summed E-state index contributed by atoms with van der Waals surface area (Å²) < 4.78 is 21.6. The van der Waals surface area contributed by atoms with Crippen LogP contribution in [0.5, 0.6) is 11.5 Å². The van der Waals surface area contributed by atoms with Gasteiger partial charge in [0.05, 0.1) is 19.1 Å². The Morgan fingerprint density at radius 2 is 2.33 bits per heavy atom. The molecule has 0 spiro atoms. The number of carbonyl (C=O) groups is 1. The normalized spacial score (nSPS) is 24.0. The van der Waals surface area contributed by atoms with E-state index >= 15 is 0 Å². The number of rotatable bonds is 4. The number of ether oxygens (including phenoxy) is 4. The quantitative estimate of drug-likeness (QED) is 0.794. The first-order valence-electron chi connectivity index (χ1n) is 7.34. The second kappa shape index (κ2) is 6.35. The van der Waals surface area contributed by atoms with Crippen LogP contribution in [-0.4, -0.2) is 39.0 Å². The second-order valence-electron chi connectivity index (χ2n) is 5.45. The minimum atomic E-state index is -0.243. The lowest BCUT2D eigenvalue weighted by Gasteiger charge is -2.24. The molecule has 0 aromatic heterocycles. The molecule has 0 saturated carbocycles.